The number of amides is 2. The van der Waals surface area contributed by atoms with Crippen LogP contribution < -0.4 is 4.90 Å². The van der Waals surface area contributed by atoms with Crippen molar-refractivity contribution in [2.45, 2.75) is 25.8 Å². The van der Waals surface area contributed by atoms with Gasteiger partial charge in [-0.25, -0.2) is 9.59 Å². The van der Waals surface area contributed by atoms with Gasteiger partial charge in [0.2, 0.25) is 0 Å². The summed E-state index contributed by atoms with van der Waals surface area (Å²) in [6, 6.07) is 9.60. The molecule has 2 amide bonds. The molecule has 0 saturated heterocycles. The lowest BCUT2D eigenvalue weighted by Gasteiger charge is -2.31. The van der Waals surface area contributed by atoms with Gasteiger partial charge in [0, 0.05) is 19.3 Å². The summed E-state index contributed by atoms with van der Waals surface area (Å²) >= 11 is 0. The van der Waals surface area contributed by atoms with E-state index in [4.69, 9.17) is 10.4 Å². The highest BCUT2D eigenvalue weighted by Crippen LogP contribution is 2.17. The first kappa shape index (κ1) is 16.5. The molecule has 21 heavy (non-hydrogen) atoms. The number of rotatable bonds is 6. The molecule has 0 bridgehead atoms. The fourth-order valence-corrected chi connectivity index (χ4v) is 2.04. The van der Waals surface area contributed by atoms with Crippen molar-refractivity contribution in [2.75, 3.05) is 18.5 Å². The van der Waals surface area contributed by atoms with Crippen LogP contribution in [0, 0.1) is 11.3 Å². The summed E-state index contributed by atoms with van der Waals surface area (Å²) in [6.07, 6.45) is 0.497. The maximum atomic E-state index is 12.5. The smallest absolute Gasteiger partial charge is 0.326 e. The monoisotopic (exact) mass is 289 g/mol. The van der Waals surface area contributed by atoms with Crippen LogP contribution >= 0.6 is 0 Å². The Kier molecular flexibility index (Phi) is 6.21. The minimum Gasteiger partial charge on any atom is -0.480 e. The Labute approximate surface area is 124 Å². The minimum absolute atomic E-state index is 0.179. The van der Waals surface area contributed by atoms with Gasteiger partial charge in [-0.05, 0) is 18.6 Å². The van der Waals surface area contributed by atoms with E-state index in [2.05, 4.69) is 0 Å². The molecule has 0 heterocycles. The fourth-order valence-electron chi connectivity index (χ4n) is 2.04. The number of carbonyl (C=O) groups is 2. The van der Waals surface area contributed by atoms with Crippen LogP contribution in [0.1, 0.15) is 19.8 Å². The Bertz CT molecular complexity index is 525. The maximum absolute atomic E-state index is 12.5. The maximum Gasteiger partial charge on any atom is 0.326 e. The average molecular weight is 289 g/mol. The topological polar surface area (TPSA) is 84.6 Å². The van der Waals surface area contributed by atoms with Crippen LogP contribution in [0.4, 0.5) is 10.5 Å². The molecule has 1 rings (SSSR count). The minimum atomic E-state index is -1.04. The van der Waals surface area contributed by atoms with E-state index < -0.39 is 18.0 Å². The van der Waals surface area contributed by atoms with Crippen molar-refractivity contribution in [2.24, 2.45) is 0 Å². The van der Waals surface area contributed by atoms with Crippen LogP contribution in [0.15, 0.2) is 30.3 Å². The van der Waals surface area contributed by atoms with E-state index in [0.29, 0.717) is 12.1 Å². The number of carboxylic acids is 1. The van der Waals surface area contributed by atoms with Crippen molar-refractivity contribution in [3.8, 4) is 6.07 Å². The van der Waals surface area contributed by atoms with Crippen molar-refractivity contribution < 1.29 is 14.7 Å². The Morgan fingerprint density at radius 1 is 1.33 bits per heavy atom. The normalized spacial score (nSPS) is 11.3. The lowest BCUT2D eigenvalue weighted by Crippen LogP contribution is -2.49. The van der Waals surface area contributed by atoms with Gasteiger partial charge < -0.3 is 10.0 Å². The van der Waals surface area contributed by atoms with Gasteiger partial charge >= 0.3 is 12.0 Å². The summed E-state index contributed by atoms with van der Waals surface area (Å²) in [5.41, 5.74) is 0.643. The molecule has 1 N–H and O–H groups in total. The summed E-state index contributed by atoms with van der Waals surface area (Å²) in [6.45, 7) is 1.93. The second-order valence-electron chi connectivity index (χ2n) is 4.55. The molecule has 1 aromatic carbocycles. The zero-order valence-corrected chi connectivity index (χ0v) is 12.2. The van der Waals surface area contributed by atoms with Crippen LogP contribution in [0.2, 0.25) is 0 Å². The fraction of sp³-hybridized carbons (Fsp3) is 0.400. The zero-order valence-electron chi connectivity index (χ0n) is 12.2. The van der Waals surface area contributed by atoms with Gasteiger partial charge in [-0.2, -0.15) is 5.26 Å². The van der Waals surface area contributed by atoms with E-state index >= 15 is 0 Å². The lowest BCUT2D eigenvalue weighted by molar-refractivity contribution is -0.141. The van der Waals surface area contributed by atoms with Crippen LogP contribution in [0.25, 0.3) is 0 Å². The molecule has 1 atom stereocenters. The molecular formula is C15H19N3O3. The van der Waals surface area contributed by atoms with Crippen molar-refractivity contribution in [1.82, 2.24) is 4.90 Å². The SMILES string of the molecule is CCC(C(=O)O)N(C)C(=O)N(CCC#N)c1ccccc1. The second kappa shape index (κ2) is 7.90. The van der Waals surface area contributed by atoms with E-state index in [-0.39, 0.29) is 13.0 Å². The number of nitrogens with zero attached hydrogens (tertiary/aromatic N) is 3. The molecule has 6 heteroatoms. The third-order valence-electron chi connectivity index (χ3n) is 3.19. The zero-order chi connectivity index (χ0) is 15.8. The molecule has 0 radical (unpaired) electrons. The van der Waals surface area contributed by atoms with Crippen LogP contribution in [0.3, 0.4) is 0 Å². The van der Waals surface area contributed by atoms with Crippen molar-refractivity contribution in [3.63, 3.8) is 0 Å². The molecule has 0 aromatic heterocycles. The first-order chi connectivity index (χ1) is 10.0. The molecule has 1 aromatic rings. The number of carbonyl (C=O) groups excluding carboxylic acids is 1. The lowest BCUT2D eigenvalue weighted by atomic mass is 10.2. The van der Waals surface area contributed by atoms with Gasteiger partial charge in [0.05, 0.1) is 12.5 Å². The molecule has 0 aliphatic heterocycles. The first-order valence-corrected chi connectivity index (χ1v) is 6.72. The summed E-state index contributed by atoms with van der Waals surface area (Å²) in [7, 11) is 1.47. The predicted molar refractivity (Wildman–Crippen MR) is 78.9 cm³/mol. The molecule has 1 unspecified atom stereocenters. The molecule has 6 nitrogen and oxygen atoms in total. The van der Waals surface area contributed by atoms with Gasteiger partial charge in [-0.15, -0.1) is 0 Å². The van der Waals surface area contributed by atoms with Crippen LogP contribution in [0.5, 0.6) is 0 Å². The quantitative estimate of drug-likeness (QED) is 0.871. The molecule has 0 saturated carbocycles. The Morgan fingerprint density at radius 2 is 1.95 bits per heavy atom. The highest BCUT2D eigenvalue weighted by molar-refractivity contribution is 5.94. The van der Waals surface area contributed by atoms with E-state index in [9.17, 15) is 9.59 Å². The van der Waals surface area contributed by atoms with Crippen molar-refractivity contribution >= 4 is 17.7 Å². The van der Waals surface area contributed by atoms with Gasteiger partial charge in [-0.3, -0.25) is 4.90 Å². The Balaban J connectivity index is 3.00. The number of hydrogen-bond donors (Lipinski definition) is 1. The van der Waals surface area contributed by atoms with Crippen molar-refractivity contribution in [3.05, 3.63) is 30.3 Å². The van der Waals surface area contributed by atoms with Gasteiger partial charge in [0.15, 0.2) is 0 Å². The number of urea groups is 1. The first-order valence-electron chi connectivity index (χ1n) is 6.72. The van der Waals surface area contributed by atoms with E-state index in [1.54, 1.807) is 31.2 Å². The second-order valence-corrected chi connectivity index (χ2v) is 4.55. The number of para-hydroxylation sites is 1. The summed E-state index contributed by atoms with van der Waals surface area (Å²) in [4.78, 5) is 26.3. The average Bonchev–Trinajstić information content (AvgIpc) is 2.48. The summed E-state index contributed by atoms with van der Waals surface area (Å²) in [5.74, 6) is -1.04. The Morgan fingerprint density at radius 3 is 2.43 bits per heavy atom. The number of carboxylic acid groups (broad SMARTS) is 1. The molecule has 0 fully saturated rings. The molecular weight excluding hydrogens is 270 g/mol. The highest BCUT2D eigenvalue weighted by atomic mass is 16.4. The largest absolute Gasteiger partial charge is 0.480 e. The molecule has 0 aliphatic carbocycles. The van der Waals surface area contributed by atoms with Gasteiger partial charge in [0.25, 0.3) is 0 Å². The number of aliphatic carboxylic acids is 1. The Hall–Kier alpha value is -2.55. The number of benzene rings is 1. The molecule has 0 spiro atoms. The number of likely N-dealkylation sites (N-methyl/N-ethyl adjacent to an activating group) is 1. The van der Waals surface area contributed by atoms with E-state index in [0.717, 1.165) is 0 Å². The third-order valence-corrected chi connectivity index (χ3v) is 3.19. The molecule has 112 valence electrons. The standard InChI is InChI=1S/C15H19N3O3/c1-3-13(14(19)20)17(2)15(21)18(11-7-10-16)12-8-5-4-6-9-12/h4-6,8-9,13H,3,7,11H2,1-2H3,(H,19,20). The summed E-state index contributed by atoms with van der Waals surface area (Å²) in [5, 5.41) is 17.9. The summed E-state index contributed by atoms with van der Waals surface area (Å²) < 4.78 is 0. The van der Waals surface area contributed by atoms with Gasteiger partial charge in [0.1, 0.15) is 6.04 Å². The van der Waals surface area contributed by atoms with Crippen molar-refractivity contribution in [1.29, 1.82) is 5.26 Å². The van der Waals surface area contributed by atoms with E-state index in [1.165, 1.54) is 16.8 Å². The molecule has 0 aliphatic rings. The van der Waals surface area contributed by atoms with Crippen LogP contribution in [-0.2, 0) is 4.79 Å². The van der Waals surface area contributed by atoms with E-state index in [1.807, 2.05) is 12.1 Å². The predicted octanol–water partition coefficient (Wildman–Crippen LogP) is 2.32. The number of anilines is 1. The third kappa shape index (κ3) is 4.21. The number of hydrogen-bond acceptors (Lipinski definition) is 3. The highest BCUT2D eigenvalue weighted by Gasteiger charge is 2.28. The van der Waals surface area contributed by atoms with Gasteiger partial charge in [-0.1, -0.05) is 25.1 Å². The van der Waals surface area contributed by atoms with Crippen LogP contribution in [-0.4, -0.2) is 41.6 Å². The number of nitriles is 1.